The Kier molecular flexibility index (Phi) is 4.12. The summed E-state index contributed by atoms with van der Waals surface area (Å²) >= 11 is 0. The van der Waals surface area contributed by atoms with Gasteiger partial charge in [-0.2, -0.15) is 0 Å². The molecule has 0 saturated carbocycles. The van der Waals surface area contributed by atoms with Crippen molar-refractivity contribution >= 4 is 11.6 Å². The summed E-state index contributed by atoms with van der Waals surface area (Å²) < 4.78 is 12.7. The Morgan fingerprint density at radius 1 is 1.00 bits per heavy atom. The fourth-order valence-corrected chi connectivity index (χ4v) is 1.61. The number of aromatic nitrogens is 1. The van der Waals surface area contributed by atoms with Crippen molar-refractivity contribution in [1.29, 1.82) is 0 Å². The predicted molar refractivity (Wildman–Crippen MR) is 72.1 cm³/mol. The fourth-order valence-electron chi connectivity index (χ4n) is 1.61. The number of benzene rings is 1. The second-order valence-electron chi connectivity index (χ2n) is 3.92. The van der Waals surface area contributed by atoms with Crippen molar-refractivity contribution in [2.45, 2.75) is 13.5 Å². The smallest absolute Gasteiger partial charge is 0.128 e. The maximum atomic E-state index is 12.7. The minimum atomic E-state index is -0.217. The summed E-state index contributed by atoms with van der Waals surface area (Å²) in [5.74, 6) is 1.44. The van der Waals surface area contributed by atoms with Crippen LogP contribution in [0.2, 0.25) is 0 Å². The first-order valence-corrected chi connectivity index (χ1v) is 5.97. The van der Waals surface area contributed by atoms with Gasteiger partial charge >= 0.3 is 0 Å². The Morgan fingerprint density at radius 2 is 1.67 bits per heavy atom. The summed E-state index contributed by atoms with van der Waals surface area (Å²) in [5.41, 5.74) is 1.02. The van der Waals surface area contributed by atoms with E-state index in [0.717, 1.165) is 23.7 Å². The average Bonchev–Trinajstić information content (AvgIpc) is 2.39. The highest BCUT2D eigenvalue weighted by Gasteiger charge is 1.97. The molecule has 0 bridgehead atoms. The van der Waals surface area contributed by atoms with Gasteiger partial charge in [-0.15, -0.1) is 0 Å². The summed E-state index contributed by atoms with van der Waals surface area (Å²) in [6.45, 7) is 3.50. The van der Waals surface area contributed by atoms with Crippen LogP contribution in [0.25, 0.3) is 0 Å². The van der Waals surface area contributed by atoms with Crippen molar-refractivity contribution in [2.75, 3.05) is 17.2 Å². The molecule has 0 radical (unpaired) electrons. The minimum absolute atomic E-state index is 0.217. The maximum Gasteiger partial charge on any atom is 0.128 e. The van der Waals surface area contributed by atoms with E-state index in [4.69, 9.17) is 0 Å². The average molecular weight is 245 g/mol. The van der Waals surface area contributed by atoms with Gasteiger partial charge in [0, 0.05) is 13.1 Å². The molecule has 2 N–H and O–H groups in total. The van der Waals surface area contributed by atoms with E-state index in [1.165, 1.54) is 12.1 Å². The lowest BCUT2D eigenvalue weighted by Gasteiger charge is -2.08. The molecule has 0 atom stereocenters. The maximum absolute atomic E-state index is 12.7. The van der Waals surface area contributed by atoms with Crippen LogP contribution in [-0.4, -0.2) is 11.5 Å². The van der Waals surface area contributed by atoms with Gasteiger partial charge in [0.25, 0.3) is 0 Å². The van der Waals surface area contributed by atoms with Crippen molar-refractivity contribution in [2.24, 2.45) is 0 Å². The van der Waals surface area contributed by atoms with E-state index in [0.29, 0.717) is 6.54 Å². The third-order valence-corrected chi connectivity index (χ3v) is 2.49. The van der Waals surface area contributed by atoms with Gasteiger partial charge in [-0.05, 0) is 36.8 Å². The number of nitrogens with one attached hydrogen (secondary N) is 2. The Balaban J connectivity index is 1.97. The van der Waals surface area contributed by atoms with Crippen molar-refractivity contribution < 1.29 is 4.39 Å². The number of anilines is 2. The van der Waals surface area contributed by atoms with Crippen LogP contribution in [0.5, 0.6) is 0 Å². The van der Waals surface area contributed by atoms with Crippen LogP contribution in [0.15, 0.2) is 42.5 Å². The topological polar surface area (TPSA) is 37.0 Å². The highest BCUT2D eigenvalue weighted by molar-refractivity contribution is 5.45. The van der Waals surface area contributed by atoms with E-state index in [1.54, 1.807) is 12.1 Å². The van der Waals surface area contributed by atoms with Gasteiger partial charge in [-0.1, -0.05) is 18.2 Å². The van der Waals surface area contributed by atoms with Crippen molar-refractivity contribution in [3.63, 3.8) is 0 Å². The molecule has 0 saturated heterocycles. The SMILES string of the molecule is CCNc1cccc(NCc2ccc(F)cc2)n1. The van der Waals surface area contributed by atoms with Crippen LogP contribution < -0.4 is 10.6 Å². The molecule has 0 aliphatic rings. The number of hydrogen-bond acceptors (Lipinski definition) is 3. The lowest BCUT2D eigenvalue weighted by Crippen LogP contribution is -2.04. The zero-order valence-electron chi connectivity index (χ0n) is 10.3. The fraction of sp³-hybridized carbons (Fsp3) is 0.214. The molecule has 18 heavy (non-hydrogen) atoms. The first kappa shape index (κ1) is 12.4. The molecule has 1 heterocycles. The summed E-state index contributed by atoms with van der Waals surface area (Å²) in [6, 6.07) is 12.2. The quantitative estimate of drug-likeness (QED) is 0.849. The molecule has 2 aromatic rings. The second-order valence-corrected chi connectivity index (χ2v) is 3.92. The van der Waals surface area contributed by atoms with Crippen LogP contribution >= 0.6 is 0 Å². The Hall–Kier alpha value is -2.10. The van der Waals surface area contributed by atoms with Gasteiger partial charge in [-0.3, -0.25) is 0 Å². The first-order chi connectivity index (χ1) is 8.78. The number of rotatable bonds is 5. The van der Waals surface area contributed by atoms with Crippen molar-refractivity contribution in [3.8, 4) is 0 Å². The number of pyridine rings is 1. The molecular formula is C14H16FN3. The van der Waals surface area contributed by atoms with Crippen molar-refractivity contribution in [1.82, 2.24) is 4.98 Å². The highest BCUT2D eigenvalue weighted by atomic mass is 19.1. The summed E-state index contributed by atoms with van der Waals surface area (Å²) in [5, 5.41) is 6.36. The number of nitrogens with zero attached hydrogens (tertiary/aromatic N) is 1. The van der Waals surface area contributed by atoms with E-state index < -0.39 is 0 Å². The van der Waals surface area contributed by atoms with Gasteiger partial charge in [0.2, 0.25) is 0 Å². The molecule has 94 valence electrons. The van der Waals surface area contributed by atoms with Gasteiger partial charge in [0.15, 0.2) is 0 Å². The molecule has 0 unspecified atom stereocenters. The molecular weight excluding hydrogens is 229 g/mol. The molecule has 0 aliphatic heterocycles. The van der Waals surface area contributed by atoms with Gasteiger partial charge < -0.3 is 10.6 Å². The van der Waals surface area contributed by atoms with Crippen LogP contribution in [0.1, 0.15) is 12.5 Å². The Morgan fingerprint density at radius 3 is 2.33 bits per heavy atom. The van der Waals surface area contributed by atoms with Gasteiger partial charge in [0.1, 0.15) is 17.5 Å². The van der Waals surface area contributed by atoms with Crippen LogP contribution in [0.4, 0.5) is 16.0 Å². The van der Waals surface area contributed by atoms with Crippen LogP contribution in [-0.2, 0) is 6.54 Å². The first-order valence-electron chi connectivity index (χ1n) is 5.97. The van der Waals surface area contributed by atoms with Gasteiger partial charge in [-0.25, -0.2) is 9.37 Å². The zero-order chi connectivity index (χ0) is 12.8. The molecule has 3 nitrogen and oxygen atoms in total. The molecule has 1 aromatic carbocycles. The van der Waals surface area contributed by atoms with E-state index in [9.17, 15) is 4.39 Å². The molecule has 4 heteroatoms. The Bertz CT molecular complexity index is 497. The lowest BCUT2D eigenvalue weighted by molar-refractivity contribution is 0.627. The number of halogens is 1. The zero-order valence-corrected chi connectivity index (χ0v) is 10.3. The lowest BCUT2D eigenvalue weighted by atomic mass is 10.2. The minimum Gasteiger partial charge on any atom is -0.370 e. The van der Waals surface area contributed by atoms with E-state index >= 15 is 0 Å². The van der Waals surface area contributed by atoms with Gasteiger partial charge in [0.05, 0.1) is 0 Å². The van der Waals surface area contributed by atoms with Crippen molar-refractivity contribution in [3.05, 3.63) is 53.8 Å². The predicted octanol–water partition coefficient (Wildman–Crippen LogP) is 3.26. The van der Waals surface area contributed by atoms with Crippen LogP contribution in [0, 0.1) is 5.82 Å². The van der Waals surface area contributed by atoms with E-state index in [2.05, 4.69) is 15.6 Å². The third-order valence-electron chi connectivity index (χ3n) is 2.49. The number of hydrogen-bond donors (Lipinski definition) is 2. The molecule has 0 spiro atoms. The normalized spacial score (nSPS) is 10.1. The molecule has 0 fully saturated rings. The largest absolute Gasteiger partial charge is 0.370 e. The second kappa shape index (κ2) is 6.00. The molecule has 2 rings (SSSR count). The highest BCUT2D eigenvalue weighted by Crippen LogP contribution is 2.11. The Labute approximate surface area is 106 Å². The molecule has 1 aromatic heterocycles. The monoisotopic (exact) mass is 245 g/mol. The molecule has 0 amide bonds. The summed E-state index contributed by atoms with van der Waals surface area (Å²) in [7, 11) is 0. The summed E-state index contributed by atoms with van der Waals surface area (Å²) in [4.78, 5) is 4.40. The molecule has 0 aliphatic carbocycles. The van der Waals surface area contributed by atoms with E-state index in [1.807, 2.05) is 25.1 Å². The van der Waals surface area contributed by atoms with E-state index in [-0.39, 0.29) is 5.82 Å². The third kappa shape index (κ3) is 3.45. The standard InChI is InChI=1S/C14H16FN3/c1-2-16-13-4-3-5-14(18-13)17-10-11-6-8-12(15)9-7-11/h3-9H,2,10H2,1H3,(H2,16,17,18). The summed E-state index contributed by atoms with van der Waals surface area (Å²) in [6.07, 6.45) is 0. The van der Waals surface area contributed by atoms with Crippen LogP contribution in [0.3, 0.4) is 0 Å².